The van der Waals surface area contributed by atoms with Gasteiger partial charge in [0.25, 0.3) is 0 Å². The number of furan rings is 1. The Morgan fingerprint density at radius 3 is 2.41 bits per heavy atom. The summed E-state index contributed by atoms with van der Waals surface area (Å²) in [5, 5.41) is 0.535. The minimum absolute atomic E-state index is 0.205. The molecule has 1 aliphatic carbocycles. The van der Waals surface area contributed by atoms with Gasteiger partial charge < -0.3 is 23.2 Å². The Balaban J connectivity index is 1.64. The van der Waals surface area contributed by atoms with Gasteiger partial charge in [0.2, 0.25) is 0 Å². The first-order valence-corrected chi connectivity index (χ1v) is 13.0. The largest absolute Gasteiger partial charge is 0.465 e. The standard InChI is InChI=1S/C30H30N2O7/c1-5-23-31-25(18-12-13-18)26(30(35)38-6-2)32(23)16-17-11-14-22-21(15-17)24(29(34)37-4)27(39-22)19-9-7-8-10-20(19)28(33)36-3/h7-11,14-15,18H,5-6,12-13,16H2,1-4H3. The molecule has 1 aliphatic rings. The third kappa shape index (κ3) is 4.80. The van der Waals surface area contributed by atoms with Gasteiger partial charge in [-0.3, -0.25) is 0 Å². The van der Waals surface area contributed by atoms with E-state index in [0.717, 1.165) is 29.9 Å². The van der Waals surface area contributed by atoms with Gasteiger partial charge in [0, 0.05) is 29.8 Å². The molecular formula is C30H30N2O7. The van der Waals surface area contributed by atoms with Gasteiger partial charge in [-0.1, -0.05) is 31.2 Å². The molecule has 0 spiro atoms. The molecule has 0 bridgehead atoms. The normalized spacial score (nSPS) is 12.9. The number of nitrogens with zero attached hydrogens (tertiary/aromatic N) is 2. The zero-order chi connectivity index (χ0) is 27.7. The van der Waals surface area contributed by atoms with Gasteiger partial charge in [0.15, 0.2) is 11.5 Å². The monoisotopic (exact) mass is 530 g/mol. The van der Waals surface area contributed by atoms with Crippen molar-refractivity contribution in [2.75, 3.05) is 20.8 Å². The zero-order valence-electron chi connectivity index (χ0n) is 22.4. The van der Waals surface area contributed by atoms with Gasteiger partial charge >= 0.3 is 17.9 Å². The summed E-state index contributed by atoms with van der Waals surface area (Å²) in [5.41, 5.74) is 3.47. The van der Waals surface area contributed by atoms with E-state index >= 15 is 0 Å². The molecular weight excluding hydrogens is 500 g/mol. The van der Waals surface area contributed by atoms with Crippen molar-refractivity contribution < 1.29 is 33.0 Å². The van der Waals surface area contributed by atoms with Crippen LogP contribution in [0, 0.1) is 0 Å². The molecule has 0 N–H and O–H groups in total. The van der Waals surface area contributed by atoms with Crippen molar-refractivity contribution in [2.45, 2.75) is 45.6 Å². The van der Waals surface area contributed by atoms with Gasteiger partial charge in [-0.25, -0.2) is 19.4 Å². The third-order valence-electron chi connectivity index (χ3n) is 6.88. The minimum Gasteiger partial charge on any atom is -0.465 e. The number of aryl methyl sites for hydroxylation is 1. The molecule has 0 radical (unpaired) electrons. The Hall–Kier alpha value is -4.40. The molecule has 0 amide bonds. The molecule has 0 atom stereocenters. The third-order valence-corrected chi connectivity index (χ3v) is 6.88. The Kier molecular flexibility index (Phi) is 7.24. The van der Waals surface area contributed by atoms with Crippen LogP contribution in [0.3, 0.4) is 0 Å². The second-order valence-electron chi connectivity index (χ2n) is 9.36. The van der Waals surface area contributed by atoms with Crippen LogP contribution < -0.4 is 0 Å². The minimum atomic E-state index is -0.597. The second-order valence-corrected chi connectivity index (χ2v) is 9.36. The van der Waals surface area contributed by atoms with Crippen LogP contribution >= 0.6 is 0 Å². The van der Waals surface area contributed by atoms with Gasteiger partial charge in [-0.2, -0.15) is 0 Å². The molecule has 4 aromatic rings. The molecule has 1 saturated carbocycles. The quantitative estimate of drug-likeness (QED) is 0.205. The first kappa shape index (κ1) is 26.2. The molecule has 1 fully saturated rings. The molecule has 2 aromatic heterocycles. The first-order chi connectivity index (χ1) is 18.9. The fraction of sp³-hybridized carbons (Fsp3) is 0.333. The summed E-state index contributed by atoms with van der Waals surface area (Å²) >= 11 is 0. The van der Waals surface area contributed by atoms with Gasteiger partial charge in [0.05, 0.1) is 32.1 Å². The number of esters is 3. The zero-order valence-corrected chi connectivity index (χ0v) is 22.4. The molecule has 5 rings (SSSR count). The number of ether oxygens (including phenoxy) is 3. The van der Waals surface area contributed by atoms with Crippen molar-refractivity contribution in [3.05, 3.63) is 76.4 Å². The van der Waals surface area contributed by atoms with Crippen LogP contribution in [0.15, 0.2) is 46.9 Å². The molecule has 0 saturated heterocycles. The SMILES string of the molecule is CCOC(=O)c1c(C2CC2)nc(CC)n1Cc1ccc2oc(-c3ccccc3C(=O)OC)c(C(=O)OC)c2c1. The topological polar surface area (TPSA) is 110 Å². The molecule has 2 aromatic carbocycles. The summed E-state index contributed by atoms with van der Waals surface area (Å²) in [5.74, 6) is -0.236. The second kappa shape index (κ2) is 10.8. The lowest BCUT2D eigenvalue weighted by Gasteiger charge is -2.12. The van der Waals surface area contributed by atoms with Crippen molar-refractivity contribution in [2.24, 2.45) is 0 Å². The molecule has 2 heterocycles. The highest BCUT2D eigenvalue weighted by atomic mass is 16.5. The molecule has 9 heteroatoms. The number of hydrogen-bond donors (Lipinski definition) is 0. The van der Waals surface area contributed by atoms with E-state index in [2.05, 4.69) is 0 Å². The maximum atomic E-state index is 13.0. The fourth-order valence-corrected chi connectivity index (χ4v) is 4.90. The Morgan fingerprint density at radius 1 is 1.00 bits per heavy atom. The summed E-state index contributed by atoms with van der Waals surface area (Å²) in [6.07, 6.45) is 2.66. The summed E-state index contributed by atoms with van der Waals surface area (Å²) in [4.78, 5) is 43.3. The van der Waals surface area contributed by atoms with Crippen LogP contribution in [0.25, 0.3) is 22.3 Å². The van der Waals surface area contributed by atoms with Gasteiger partial charge in [-0.05, 0) is 43.5 Å². The number of fused-ring (bicyclic) bond motifs is 1. The smallest absolute Gasteiger partial charge is 0.356 e. The fourth-order valence-electron chi connectivity index (χ4n) is 4.90. The van der Waals surface area contributed by atoms with Crippen LogP contribution in [0.2, 0.25) is 0 Å². The predicted molar refractivity (Wildman–Crippen MR) is 143 cm³/mol. The summed E-state index contributed by atoms with van der Waals surface area (Å²) < 4.78 is 23.5. The van der Waals surface area contributed by atoms with Crippen molar-refractivity contribution >= 4 is 28.9 Å². The highest BCUT2D eigenvalue weighted by molar-refractivity contribution is 6.10. The number of aromatic nitrogens is 2. The summed E-state index contributed by atoms with van der Waals surface area (Å²) in [6, 6.07) is 12.3. The van der Waals surface area contributed by atoms with Crippen LogP contribution in [0.5, 0.6) is 0 Å². The number of methoxy groups -OCH3 is 2. The summed E-state index contributed by atoms with van der Waals surface area (Å²) in [7, 11) is 2.59. The predicted octanol–water partition coefficient (Wildman–Crippen LogP) is 5.53. The van der Waals surface area contributed by atoms with Crippen LogP contribution in [0.4, 0.5) is 0 Å². The lowest BCUT2D eigenvalue weighted by Crippen LogP contribution is -2.16. The average molecular weight is 531 g/mol. The van der Waals surface area contributed by atoms with Gasteiger partial charge in [0.1, 0.15) is 17.0 Å². The Morgan fingerprint density at radius 2 is 1.74 bits per heavy atom. The van der Waals surface area contributed by atoms with Crippen molar-refractivity contribution in [1.29, 1.82) is 0 Å². The van der Waals surface area contributed by atoms with Crippen molar-refractivity contribution in [3.63, 3.8) is 0 Å². The highest BCUT2D eigenvalue weighted by Gasteiger charge is 2.34. The lowest BCUT2D eigenvalue weighted by molar-refractivity contribution is 0.0511. The summed E-state index contributed by atoms with van der Waals surface area (Å²) in [6.45, 7) is 4.42. The van der Waals surface area contributed by atoms with Crippen molar-refractivity contribution in [3.8, 4) is 11.3 Å². The van der Waals surface area contributed by atoms with E-state index in [-0.39, 0.29) is 35.4 Å². The van der Waals surface area contributed by atoms with E-state index in [1.54, 1.807) is 37.3 Å². The maximum absolute atomic E-state index is 13.0. The number of carbonyl (C=O) groups excluding carboxylic acids is 3. The highest BCUT2D eigenvalue weighted by Crippen LogP contribution is 2.42. The van der Waals surface area contributed by atoms with Gasteiger partial charge in [-0.15, -0.1) is 0 Å². The lowest BCUT2D eigenvalue weighted by atomic mass is 10.00. The molecule has 39 heavy (non-hydrogen) atoms. The molecule has 202 valence electrons. The van der Waals surface area contributed by atoms with E-state index in [9.17, 15) is 14.4 Å². The average Bonchev–Trinajstić information content (AvgIpc) is 3.64. The van der Waals surface area contributed by atoms with E-state index in [0.29, 0.717) is 35.2 Å². The molecule has 0 aliphatic heterocycles. The van der Waals surface area contributed by atoms with Crippen LogP contribution in [0.1, 0.15) is 80.9 Å². The van der Waals surface area contributed by atoms with E-state index in [4.69, 9.17) is 23.6 Å². The van der Waals surface area contributed by atoms with Crippen LogP contribution in [-0.4, -0.2) is 48.3 Å². The molecule has 9 nitrogen and oxygen atoms in total. The number of benzene rings is 2. The van der Waals surface area contributed by atoms with E-state index < -0.39 is 11.9 Å². The first-order valence-electron chi connectivity index (χ1n) is 13.0. The number of hydrogen-bond acceptors (Lipinski definition) is 8. The van der Waals surface area contributed by atoms with E-state index in [1.165, 1.54) is 14.2 Å². The maximum Gasteiger partial charge on any atom is 0.356 e. The number of carbonyl (C=O) groups is 3. The molecule has 0 unspecified atom stereocenters. The van der Waals surface area contributed by atoms with Crippen molar-refractivity contribution in [1.82, 2.24) is 9.55 Å². The van der Waals surface area contributed by atoms with Crippen LogP contribution in [-0.2, 0) is 27.2 Å². The van der Waals surface area contributed by atoms with E-state index in [1.807, 2.05) is 23.6 Å². The Labute approximate surface area is 225 Å². The Bertz CT molecular complexity index is 1580. The number of rotatable bonds is 9. The number of imidazole rings is 1.